The number of hydrogen-bond acceptors (Lipinski definition) is 3. The second kappa shape index (κ2) is 7.83. The highest BCUT2D eigenvalue weighted by Gasteiger charge is 2.31. The van der Waals surface area contributed by atoms with Crippen molar-refractivity contribution in [3.05, 3.63) is 11.9 Å². The molecule has 3 unspecified atom stereocenters. The molecule has 1 aromatic rings. The average Bonchev–Trinajstić information content (AvgIpc) is 2.88. The quantitative estimate of drug-likeness (QED) is 0.831. The van der Waals surface area contributed by atoms with Crippen LogP contribution in [0.3, 0.4) is 0 Å². The van der Waals surface area contributed by atoms with Crippen molar-refractivity contribution in [2.75, 3.05) is 13.7 Å². The predicted molar refractivity (Wildman–Crippen MR) is 86.6 cm³/mol. The summed E-state index contributed by atoms with van der Waals surface area (Å²) in [7, 11) is 1.75. The third kappa shape index (κ3) is 3.79. The molecule has 1 saturated carbocycles. The van der Waals surface area contributed by atoms with Gasteiger partial charge in [-0.2, -0.15) is 5.10 Å². The molecule has 0 aromatic carbocycles. The largest absolute Gasteiger partial charge is 0.493 e. The zero-order valence-corrected chi connectivity index (χ0v) is 14.1. The lowest BCUT2D eigenvalue weighted by Gasteiger charge is -2.34. The Morgan fingerprint density at radius 2 is 2.24 bits per heavy atom. The number of nitrogens with zero attached hydrogens (tertiary/aromatic N) is 2. The number of nitrogens with one attached hydrogen (secondary N) is 1. The molecule has 2 rings (SSSR count). The van der Waals surface area contributed by atoms with Crippen molar-refractivity contribution in [1.29, 1.82) is 0 Å². The lowest BCUT2D eigenvalue weighted by atomic mass is 9.77. The number of rotatable bonds is 7. The summed E-state index contributed by atoms with van der Waals surface area (Å²) in [5.41, 5.74) is 1.25. The minimum atomic E-state index is 0.363. The minimum Gasteiger partial charge on any atom is -0.493 e. The van der Waals surface area contributed by atoms with Crippen LogP contribution in [0.1, 0.15) is 64.6 Å². The van der Waals surface area contributed by atoms with Crippen LogP contribution in [-0.2, 0) is 6.54 Å². The number of aromatic nitrogens is 2. The van der Waals surface area contributed by atoms with Crippen LogP contribution < -0.4 is 10.1 Å². The molecule has 0 aliphatic heterocycles. The van der Waals surface area contributed by atoms with E-state index in [2.05, 4.69) is 35.9 Å². The summed E-state index contributed by atoms with van der Waals surface area (Å²) >= 11 is 0. The molecule has 0 radical (unpaired) electrons. The van der Waals surface area contributed by atoms with Crippen molar-refractivity contribution < 1.29 is 4.74 Å². The monoisotopic (exact) mass is 293 g/mol. The molecular weight excluding hydrogens is 262 g/mol. The molecule has 1 fully saturated rings. The van der Waals surface area contributed by atoms with Crippen LogP contribution >= 0.6 is 0 Å². The molecule has 1 N–H and O–H groups in total. The van der Waals surface area contributed by atoms with E-state index in [0.717, 1.165) is 31.2 Å². The summed E-state index contributed by atoms with van der Waals surface area (Å²) in [6.45, 7) is 8.71. The summed E-state index contributed by atoms with van der Waals surface area (Å²) < 4.78 is 7.74. The predicted octanol–water partition coefficient (Wildman–Crippen LogP) is 3.78. The van der Waals surface area contributed by atoms with Crippen LogP contribution in [0.5, 0.6) is 5.75 Å². The molecule has 0 saturated heterocycles. The lowest BCUT2D eigenvalue weighted by Crippen LogP contribution is -2.33. The number of hydrogen-bond donors (Lipinski definition) is 1. The Kier molecular flexibility index (Phi) is 6.09. The van der Waals surface area contributed by atoms with E-state index in [0.29, 0.717) is 12.0 Å². The van der Waals surface area contributed by atoms with E-state index < -0.39 is 0 Å². The lowest BCUT2D eigenvalue weighted by molar-refractivity contribution is 0.214. The Hall–Kier alpha value is -1.03. The van der Waals surface area contributed by atoms with Crippen LogP contribution in [0.2, 0.25) is 0 Å². The first-order valence-electron chi connectivity index (χ1n) is 8.54. The van der Waals surface area contributed by atoms with Gasteiger partial charge in [-0.05, 0) is 37.6 Å². The van der Waals surface area contributed by atoms with Gasteiger partial charge < -0.3 is 10.1 Å². The average molecular weight is 293 g/mol. The molecule has 1 heterocycles. The maximum atomic E-state index is 5.59. The highest BCUT2D eigenvalue weighted by atomic mass is 16.5. The van der Waals surface area contributed by atoms with E-state index in [1.165, 1.54) is 31.4 Å². The molecule has 1 aliphatic carbocycles. The van der Waals surface area contributed by atoms with Gasteiger partial charge in [0, 0.05) is 6.54 Å². The van der Waals surface area contributed by atoms with Gasteiger partial charge >= 0.3 is 0 Å². The van der Waals surface area contributed by atoms with Crippen LogP contribution in [0.15, 0.2) is 6.20 Å². The molecule has 4 nitrogen and oxygen atoms in total. The Balaban J connectivity index is 2.29. The number of methoxy groups -OCH3 is 1. The van der Waals surface area contributed by atoms with Crippen molar-refractivity contribution in [1.82, 2.24) is 15.1 Å². The second-order valence-electron chi connectivity index (χ2n) is 6.39. The molecule has 0 amide bonds. The summed E-state index contributed by atoms with van der Waals surface area (Å²) in [5.74, 6) is 2.46. The second-order valence-corrected chi connectivity index (χ2v) is 6.39. The van der Waals surface area contributed by atoms with Crippen LogP contribution in [-0.4, -0.2) is 23.4 Å². The summed E-state index contributed by atoms with van der Waals surface area (Å²) in [5, 5.41) is 8.25. The van der Waals surface area contributed by atoms with E-state index in [1.807, 2.05) is 6.20 Å². The third-order valence-corrected chi connectivity index (χ3v) is 4.67. The first-order valence-corrected chi connectivity index (χ1v) is 8.54. The van der Waals surface area contributed by atoms with Crippen molar-refractivity contribution >= 4 is 0 Å². The normalized spacial score (nSPS) is 24.0. The van der Waals surface area contributed by atoms with E-state index in [4.69, 9.17) is 4.74 Å². The first-order chi connectivity index (χ1) is 10.2. The van der Waals surface area contributed by atoms with Crippen LogP contribution in [0.25, 0.3) is 0 Å². The molecule has 1 aromatic heterocycles. The summed E-state index contributed by atoms with van der Waals surface area (Å²) in [4.78, 5) is 0. The fourth-order valence-electron chi connectivity index (χ4n) is 3.73. The number of aryl methyl sites for hydroxylation is 1. The van der Waals surface area contributed by atoms with Crippen molar-refractivity contribution in [2.45, 2.75) is 65.5 Å². The number of ether oxygens (including phenoxy) is 1. The molecule has 1 aliphatic rings. The molecule has 0 spiro atoms. The Morgan fingerprint density at radius 1 is 1.43 bits per heavy atom. The maximum absolute atomic E-state index is 5.59. The van der Waals surface area contributed by atoms with Gasteiger partial charge in [-0.1, -0.05) is 33.6 Å². The van der Waals surface area contributed by atoms with E-state index in [-0.39, 0.29) is 0 Å². The van der Waals surface area contributed by atoms with E-state index in [9.17, 15) is 0 Å². The summed E-state index contributed by atoms with van der Waals surface area (Å²) in [6.07, 6.45) is 8.30. The van der Waals surface area contributed by atoms with E-state index in [1.54, 1.807) is 7.11 Å². The van der Waals surface area contributed by atoms with Gasteiger partial charge in [0.25, 0.3) is 0 Å². The molecule has 120 valence electrons. The molecular formula is C17H31N3O. The van der Waals surface area contributed by atoms with Gasteiger partial charge in [-0.25, -0.2) is 0 Å². The SMILES string of the molecule is CCCn1ncc(OC)c1C(NCC)C1CCCC(C)C1. The fraction of sp³-hybridized carbons (Fsp3) is 0.824. The highest BCUT2D eigenvalue weighted by Crippen LogP contribution is 2.39. The topological polar surface area (TPSA) is 39.1 Å². The Bertz CT molecular complexity index is 430. The third-order valence-electron chi connectivity index (χ3n) is 4.67. The van der Waals surface area contributed by atoms with E-state index >= 15 is 0 Å². The van der Waals surface area contributed by atoms with Crippen LogP contribution in [0.4, 0.5) is 0 Å². The van der Waals surface area contributed by atoms with Crippen LogP contribution in [0, 0.1) is 11.8 Å². The molecule has 21 heavy (non-hydrogen) atoms. The van der Waals surface area contributed by atoms with Gasteiger partial charge in [-0.15, -0.1) is 0 Å². The summed E-state index contributed by atoms with van der Waals surface area (Å²) in [6, 6.07) is 0.363. The van der Waals surface area contributed by atoms with Gasteiger partial charge in [0.1, 0.15) is 0 Å². The van der Waals surface area contributed by atoms with Gasteiger partial charge in [0.15, 0.2) is 5.75 Å². The van der Waals surface area contributed by atoms with Crippen molar-refractivity contribution in [2.24, 2.45) is 11.8 Å². The first kappa shape index (κ1) is 16.3. The smallest absolute Gasteiger partial charge is 0.161 e. The fourth-order valence-corrected chi connectivity index (χ4v) is 3.73. The maximum Gasteiger partial charge on any atom is 0.161 e. The Morgan fingerprint density at radius 3 is 2.86 bits per heavy atom. The zero-order chi connectivity index (χ0) is 15.2. The van der Waals surface area contributed by atoms with Gasteiger partial charge in [0.2, 0.25) is 0 Å². The van der Waals surface area contributed by atoms with Crippen molar-refractivity contribution in [3.8, 4) is 5.75 Å². The highest BCUT2D eigenvalue weighted by molar-refractivity contribution is 5.29. The zero-order valence-electron chi connectivity index (χ0n) is 14.1. The van der Waals surface area contributed by atoms with Gasteiger partial charge in [0.05, 0.1) is 25.0 Å². The standard InChI is InChI=1S/C17H31N3O/c1-5-10-20-17(15(21-4)12-19-20)16(18-6-2)14-9-7-8-13(3)11-14/h12-14,16,18H,5-11H2,1-4H3. The minimum absolute atomic E-state index is 0.363. The van der Waals surface area contributed by atoms with Crippen molar-refractivity contribution in [3.63, 3.8) is 0 Å². The Labute approximate surface area is 129 Å². The molecule has 3 atom stereocenters. The van der Waals surface area contributed by atoms with Gasteiger partial charge in [-0.3, -0.25) is 4.68 Å². The molecule has 0 bridgehead atoms. The molecule has 4 heteroatoms.